The van der Waals surface area contributed by atoms with Crippen molar-refractivity contribution >= 4 is 94.8 Å². The second-order valence-corrected chi connectivity index (χ2v) is 21.8. The van der Waals surface area contributed by atoms with Crippen LogP contribution in [0, 0.1) is 0 Å². The van der Waals surface area contributed by atoms with Crippen LogP contribution >= 0.6 is 23.5 Å². The lowest BCUT2D eigenvalue weighted by Crippen LogP contribution is -2.64. The highest BCUT2D eigenvalue weighted by Crippen LogP contribution is 2.48. The number of rotatable bonds is 16. The number of benzene rings is 2. The van der Waals surface area contributed by atoms with E-state index in [-0.39, 0.29) is 50.4 Å². The molecule has 0 radical (unpaired) electrons. The Morgan fingerprint density at radius 1 is 0.603 bits per heavy atom. The first kappa shape index (κ1) is 55.1. The quantitative estimate of drug-likeness (QED) is 0.0969. The number of thioether (sulfide) groups is 2. The predicted molar refractivity (Wildman–Crippen MR) is 259 cm³/mol. The molecule has 0 aliphatic carbocycles. The molecule has 0 bridgehead atoms. The number of hydrogen-bond donors (Lipinski definition) is 8. The molecule has 11 amide bonds. The van der Waals surface area contributed by atoms with Gasteiger partial charge in [0.05, 0.1) is 5.37 Å². The van der Waals surface area contributed by atoms with Crippen LogP contribution in [-0.4, -0.2) is 195 Å². The maximum Gasteiger partial charge on any atom is 0.329 e. The minimum absolute atomic E-state index is 0.0132. The summed E-state index contributed by atoms with van der Waals surface area (Å²) in [5.74, 6) is -12.3. The molecule has 8 atom stereocenters. The average molecular weight is 1050 g/mol. The minimum Gasteiger partial charge on any atom is -0.480 e. The number of carboxylic acid groups (broad SMARTS) is 3. The Morgan fingerprint density at radius 3 is 1.42 bits per heavy atom. The first-order chi connectivity index (χ1) is 34.3. The van der Waals surface area contributed by atoms with Gasteiger partial charge in [0.1, 0.15) is 29.5 Å². The van der Waals surface area contributed by atoms with Gasteiger partial charge in [-0.15, -0.1) is 23.5 Å². The number of hydrogen-bond acceptors (Lipinski definition) is 15. The van der Waals surface area contributed by atoms with Crippen LogP contribution in [0.25, 0.3) is 0 Å². The van der Waals surface area contributed by atoms with Crippen molar-refractivity contribution < 1.29 is 72.9 Å². The van der Waals surface area contributed by atoms with Crippen LogP contribution in [0.1, 0.15) is 64.8 Å². The molecule has 4 saturated heterocycles. The van der Waals surface area contributed by atoms with Gasteiger partial charge in [-0.1, -0.05) is 60.7 Å². The van der Waals surface area contributed by atoms with Crippen molar-refractivity contribution in [2.75, 3.05) is 39.3 Å². The van der Waals surface area contributed by atoms with Gasteiger partial charge in [0.25, 0.3) is 0 Å². The lowest BCUT2D eigenvalue weighted by atomic mass is 9.96. The molecule has 4 fully saturated rings. The second kappa shape index (κ2) is 22.2. The molecule has 4 heterocycles. The van der Waals surface area contributed by atoms with Crippen LogP contribution in [0.3, 0.4) is 0 Å². The third-order valence-electron chi connectivity index (χ3n) is 12.7. The van der Waals surface area contributed by atoms with E-state index in [4.69, 9.17) is 0 Å². The van der Waals surface area contributed by atoms with Crippen LogP contribution in [0.15, 0.2) is 60.7 Å². The van der Waals surface area contributed by atoms with Gasteiger partial charge < -0.3 is 51.3 Å². The van der Waals surface area contributed by atoms with Crippen LogP contribution in [0.4, 0.5) is 9.59 Å². The zero-order chi connectivity index (χ0) is 53.9. The Kier molecular flexibility index (Phi) is 16.8. The largest absolute Gasteiger partial charge is 0.480 e. The van der Waals surface area contributed by atoms with Crippen LogP contribution < -0.4 is 26.6 Å². The molecule has 0 spiro atoms. The third-order valence-corrected chi connectivity index (χ3v) is 15.8. The van der Waals surface area contributed by atoms with Gasteiger partial charge >= 0.3 is 53.6 Å². The SMILES string of the molecule is CCN1CCN(C(=O)N[C@@H](C(=O)NC(C(=O)O)C2SC(C)(C)[C@H](C(=O)O)N2C(=O)[C@@H]2N[C@@H](C(NC(=O)[C@H](NC(=O)N3CCN(CC)C(=O)C3=O)c3ccccc3)C(=O)O)SC2(C)C)c2ccccc2)C(=O)C1=O. The van der Waals surface area contributed by atoms with Gasteiger partial charge in [0.2, 0.25) is 17.7 Å². The van der Waals surface area contributed by atoms with Crippen molar-refractivity contribution in [3.05, 3.63) is 71.8 Å². The molecular formula is C46H56N10O15S2. The molecule has 4 aliphatic rings. The van der Waals surface area contributed by atoms with Gasteiger partial charge in [-0.3, -0.25) is 48.7 Å². The van der Waals surface area contributed by atoms with Crippen molar-refractivity contribution in [2.45, 2.75) is 98.0 Å². The van der Waals surface area contributed by atoms with E-state index in [1.165, 1.54) is 86.0 Å². The number of carbonyl (C=O) groups excluding carboxylic acids is 9. The predicted octanol–water partition coefficient (Wildman–Crippen LogP) is -0.649. The maximum absolute atomic E-state index is 15.1. The summed E-state index contributed by atoms with van der Waals surface area (Å²) in [4.78, 5) is 166. The Morgan fingerprint density at radius 2 is 1.03 bits per heavy atom. The first-order valence-electron chi connectivity index (χ1n) is 23.0. The zero-order valence-electron chi connectivity index (χ0n) is 40.4. The second-order valence-electron chi connectivity index (χ2n) is 18.3. The van der Waals surface area contributed by atoms with Gasteiger partial charge in [0.15, 0.2) is 12.1 Å². The topological polar surface area (TPSA) is 342 Å². The number of amides is 11. The molecule has 3 unspecified atom stereocenters. The number of urea groups is 2. The fourth-order valence-corrected chi connectivity index (χ4v) is 12.0. The zero-order valence-corrected chi connectivity index (χ0v) is 42.1. The summed E-state index contributed by atoms with van der Waals surface area (Å²) in [6.45, 7) is 9.31. The number of carbonyl (C=O) groups is 12. The summed E-state index contributed by atoms with van der Waals surface area (Å²) in [5, 5.41) is 41.5. The molecular weight excluding hydrogens is 997 g/mol. The molecule has 2 aromatic carbocycles. The van der Waals surface area contributed by atoms with Crippen molar-refractivity contribution in [3.8, 4) is 0 Å². The van der Waals surface area contributed by atoms with E-state index < -0.39 is 128 Å². The lowest BCUT2D eigenvalue weighted by Gasteiger charge is -2.37. The highest BCUT2D eigenvalue weighted by Gasteiger charge is 2.61. The smallest absolute Gasteiger partial charge is 0.329 e. The van der Waals surface area contributed by atoms with Crippen LogP contribution in [-0.2, 0) is 47.9 Å². The minimum atomic E-state index is -2.09. The summed E-state index contributed by atoms with van der Waals surface area (Å²) in [6, 6.07) is 2.32. The first-order valence-corrected chi connectivity index (χ1v) is 24.8. The maximum atomic E-state index is 15.1. The van der Waals surface area contributed by atoms with Crippen molar-refractivity contribution in [3.63, 3.8) is 0 Å². The molecule has 73 heavy (non-hydrogen) atoms. The summed E-state index contributed by atoms with van der Waals surface area (Å²) >= 11 is 1.62. The number of nitrogens with one attached hydrogen (secondary N) is 5. The fraction of sp³-hybridized carbons (Fsp3) is 0.478. The van der Waals surface area contributed by atoms with Crippen molar-refractivity contribution in [1.29, 1.82) is 0 Å². The average Bonchev–Trinajstić information content (AvgIpc) is 3.82. The number of piperazine rings is 2. The summed E-state index contributed by atoms with van der Waals surface area (Å²) in [5.41, 5.74) is 0.284. The fourth-order valence-electron chi connectivity index (χ4n) is 8.92. The Balaban J connectivity index is 1.26. The van der Waals surface area contributed by atoms with Crippen molar-refractivity contribution in [1.82, 2.24) is 51.1 Å². The number of imide groups is 2. The molecule has 2 aromatic rings. The number of carboxylic acids is 3. The summed E-state index contributed by atoms with van der Waals surface area (Å²) in [7, 11) is 0. The Labute approximate surface area is 426 Å². The van der Waals surface area contributed by atoms with E-state index in [1.807, 2.05) is 0 Å². The highest BCUT2D eigenvalue weighted by molar-refractivity contribution is 8.02. The van der Waals surface area contributed by atoms with Gasteiger partial charge in [-0.25, -0.2) is 24.0 Å². The monoisotopic (exact) mass is 1050 g/mol. The highest BCUT2D eigenvalue weighted by atomic mass is 32.2. The molecule has 25 nitrogen and oxygen atoms in total. The molecule has 0 aromatic heterocycles. The van der Waals surface area contributed by atoms with E-state index in [0.717, 1.165) is 28.4 Å². The van der Waals surface area contributed by atoms with E-state index in [9.17, 15) is 68.1 Å². The molecule has 6 rings (SSSR count). The number of aliphatic carboxylic acids is 3. The number of nitrogens with zero attached hydrogens (tertiary/aromatic N) is 5. The Hall–Kier alpha value is -7.26. The van der Waals surface area contributed by atoms with Gasteiger partial charge in [-0.2, -0.15) is 0 Å². The molecule has 0 saturated carbocycles. The lowest BCUT2D eigenvalue weighted by molar-refractivity contribution is -0.155. The van der Waals surface area contributed by atoms with E-state index in [2.05, 4.69) is 26.6 Å². The standard InChI is InChI=1S/C46H56N10O15S2/c1-7-52-19-21-54(37(62)35(52)60)43(70)49-25(23-15-11-9-12-16-23)31(57)47-27(40(64)65)33-51-29(45(3,4)72-33)34(59)56-30(42(68)69)46(5,6)73-39(56)28(41(66)67)48-32(58)26(24-17-13-10-14-18-24)50-44(71)55-22-20-53(8-2)36(61)38(55)63/h9-18,25-30,33,39,51H,7-8,19-22H2,1-6H3,(H,47,57)(H,48,58)(H,49,70)(H,50,71)(H,64,65)(H,66,67)(H,68,69)/t25-,26-,27?,28?,29+,30+,33-,39?/m1/s1. The van der Waals surface area contributed by atoms with Crippen LogP contribution in [0.5, 0.6) is 0 Å². The molecule has 27 heteroatoms. The molecule has 392 valence electrons. The van der Waals surface area contributed by atoms with Crippen LogP contribution in [0.2, 0.25) is 0 Å². The number of likely N-dealkylation sites (N-methyl/N-ethyl adjacent to an activating group) is 2. The molecule has 8 N–H and O–H groups in total. The summed E-state index contributed by atoms with van der Waals surface area (Å²) in [6.07, 6.45) is 0. The van der Waals surface area contributed by atoms with Crippen molar-refractivity contribution in [2.24, 2.45) is 0 Å². The Bertz CT molecular complexity index is 2570. The van der Waals surface area contributed by atoms with Gasteiger partial charge in [0, 0.05) is 48.8 Å². The normalized spacial score (nSPS) is 23.2. The van der Waals surface area contributed by atoms with E-state index in [0.29, 0.717) is 9.80 Å². The molecule has 4 aliphatic heterocycles. The van der Waals surface area contributed by atoms with Gasteiger partial charge in [-0.05, 0) is 52.7 Å². The van der Waals surface area contributed by atoms with E-state index in [1.54, 1.807) is 26.0 Å². The summed E-state index contributed by atoms with van der Waals surface area (Å²) < 4.78 is -2.78. The third kappa shape index (κ3) is 11.5. The van der Waals surface area contributed by atoms with E-state index >= 15 is 4.79 Å².